The Balaban J connectivity index is 2.24. The summed E-state index contributed by atoms with van der Waals surface area (Å²) < 4.78 is 20.2. The first-order chi connectivity index (χ1) is 11.3. The minimum absolute atomic E-state index is 0.175. The van der Waals surface area contributed by atoms with Crippen LogP contribution in [0.3, 0.4) is 0 Å². The molecule has 0 spiro atoms. The lowest BCUT2D eigenvalue weighted by Crippen LogP contribution is -2.24. The normalized spacial score (nSPS) is 11.7. The maximum atomic E-state index is 12.4. The van der Waals surface area contributed by atoms with Gasteiger partial charge in [0, 0.05) is 13.5 Å². The molecule has 2 heterocycles. The first kappa shape index (κ1) is 18.0. The Morgan fingerprint density at radius 3 is 2.58 bits per heavy atom. The van der Waals surface area contributed by atoms with E-state index in [9.17, 15) is 9.59 Å². The highest BCUT2D eigenvalue weighted by Crippen LogP contribution is 2.26. The van der Waals surface area contributed by atoms with Crippen LogP contribution in [0.15, 0.2) is 13.6 Å². The van der Waals surface area contributed by atoms with Crippen LogP contribution < -0.4 is 5.82 Å². The quantitative estimate of drug-likeness (QED) is 0.772. The predicted molar refractivity (Wildman–Crippen MR) is 83.7 cm³/mol. The number of nitrogens with zero attached hydrogens (tertiary/aromatic N) is 1. The van der Waals surface area contributed by atoms with Crippen molar-refractivity contribution < 1.29 is 23.1 Å². The van der Waals surface area contributed by atoms with Crippen molar-refractivity contribution >= 4 is 5.97 Å². The molecule has 0 fully saturated rings. The summed E-state index contributed by atoms with van der Waals surface area (Å²) in [7, 11) is 1.55. The first-order valence-electron chi connectivity index (χ1n) is 7.69. The molecule has 0 amide bonds. The van der Waals surface area contributed by atoms with Crippen molar-refractivity contribution in [3.63, 3.8) is 0 Å². The molecule has 0 aromatic carbocycles. The monoisotopic (exact) mass is 338 g/mol. The summed E-state index contributed by atoms with van der Waals surface area (Å²) in [6.45, 7) is 7.00. The van der Waals surface area contributed by atoms with E-state index in [1.165, 1.54) is 0 Å². The van der Waals surface area contributed by atoms with Crippen LogP contribution in [0.4, 0.5) is 0 Å². The van der Waals surface area contributed by atoms with Gasteiger partial charge in [-0.1, -0.05) is 6.92 Å². The van der Waals surface area contributed by atoms with Gasteiger partial charge in [-0.3, -0.25) is 0 Å². The molecule has 0 saturated heterocycles. The van der Waals surface area contributed by atoms with Gasteiger partial charge >= 0.3 is 11.8 Å². The molecular weight excluding hydrogens is 316 g/mol. The van der Waals surface area contributed by atoms with Crippen LogP contribution >= 0.6 is 0 Å². The van der Waals surface area contributed by atoms with Crippen LogP contribution in [0.1, 0.15) is 60.7 Å². The van der Waals surface area contributed by atoms with Crippen molar-refractivity contribution in [3.05, 3.63) is 39.3 Å². The number of nitrogens with one attached hydrogen (secondary N) is 1. The van der Waals surface area contributed by atoms with Crippen molar-refractivity contribution in [3.8, 4) is 0 Å². The van der Waals surface area contributed by atoms with Gasteiger partial charge in [0.15, 0.2) is 23.8 Å². The highest BCUT2D eigenvalue weighted by molar-refractivity contribution is 5.89. The van der Waals surface area contributed by atoms with E-state index in [1.54, 1.807) is 14.0 Å². The second kappa shape index (κ2) is 7.04. The molecule has 0 bridgehead atoms. The number of carbonyl (C=O) groups excluding carboxylic acids is 1. The molecule has 0 aliphatic carbocycles. The number of aromatic nitrogens is 2. The first-order valence-corrected chi connectivity index (χ1v) is 7.69. The molecule has 0 aliphatic rings. The van der Waals surface area contributed by atoms with E-state index in [0.717, 1.165) is 6.42 Å². The van der Waals surface area contributed by atoms with Crippen LogP contribution in [0.2, 0.25) is 0 Å². The van der Waals surface area contributed by atoms with Crippen molar-refractivity contribution in [2.75, 3.05) is 7.11 Å². The van der Waals surface area contributed by atoms with Crippen molar-refractivity contribution in [2.24, 2.45) is 0 Å². The Labute approximate surface area is 139 Å². The zero-order valence-corrected chi connectivity index (χ0v) is 14.5. The molecule has 2 rings (SSSR count). The topological polar surface area (TPSA) is 108 Å². The minimum Gasteiger partial charge on any atom is -0.453 e. The molecule has 2 aromatic rings. The van der Waals surface area contributed by atoms with Crippen LogP contribution in [0, 0.1) is 6.92 Å². The molecule has 132 valence electrons. The molecule has 8 nitrogen and oxygen atoms in total. The molecule has 0 radical (unpaired) electrons. The molecule has 0 unspecified atom stereocenters. The van der Waals surface area contributed by atoms with E-state index >= 15 is 0 Å². The summed E-state index contributed by atoms with van der Waals surface area (Å²) in [4.78, 5) is 30.9. The smallest absolute Gasteiger partial charge is 0.453 e. The molecule has 0 atom stereocenters. The van der Waals surface area contributed by atoms with E-state index in [1.807, 2.05) is 20.8 Å². The lowest BCUT2D eigenvalue weighted by molar-refractivity contribution is 0.0126. The van der Waals surface area contributed by atoms with Gasteiger partial charge in [0.2, 0.25) is 0 Å². The third-order valence-corrected chi connectivity index (χ3v) is 3.69. The average Bonchev–Trinajstić information content (AvgIpc) is 3.09. The maximum absolute atomic E-state index is 12.4. The maximum Gasteiger partial charge on any atom is 0.519 e. The number of hydrogen-bond donors (Lipinski definition) is 1. The molecule has 0 saturated carbocycles. The minimum atomic E-state index is -0.827. The number of carbonyl (C=O) groups is 1. The molecule has 2 aromatic heterocycles. The number of methoxy groups -OCH3 is 1. The van der Waals surface area contributed by atoms with Gasteiger partial charge in [0.1, 0.15) is 17.1 Å². The third kappa shape index (κ3) is 3.76. The van der Waals surface area contributed by atoms with Crippen molar-refractivity contribution in [1.82, 2.24) is 9.97 Å². The number of hydrogen-bond acceptors (Lipinski definition) is 7. The fourth-order valence-electron chi connectivity index (χ4n) is 2.17. The lowest BCUT2D eigenvalue weighted by atomic mass is 10.0. The third-order valence-electron chi connectivity index (χ3n) is 3.69. The van der Waals surface area contributed by atoms with Gasteiger partial charge in [0.25, 0.3) is 0 Å². The van der Waals surface area contributed by atoms with Gasteiger partial charge in [0.05, 0.1) is 0 Å². The summed E-state index contributed by atoms with van der Waals surface area (Å²) in [5.41, 5.74) is -0.0489. The summed E-state index contributed by atoms with van der Waals surface area (Å²) in [6, 6.07) is 0. The van der Waals surface area contributed by atoms with E-state index in [2.05, 4.69) is 9.97 Å². The van der Waals surface area contributed by atoms with Crippen LogP contribution in [0.5, 0.6) is 0 Å². The number of rotatable bonds is 7. The largest absolute Gasteiger partial charge is 0.519 e. The van der Waals surface area contributed by atoms with E-state index in [0.29, 0.717) is 17.9 Å². The predicted octanol–water partition coefficient (Wildman–Crippen LogP) is 2.46. The van der Waals surface area contributed by atoms with E-state index in [-0.39, 0.29) is 23.8 Å². The molecule has 24 heavy (non-hydrogen) atoms. The Kier molecular flexibility index (Phi) is 5.28. The Morgan fingerprint density at radius 1 is 1.33 bits per heavy atom. The fourth-order valence-corrected chi connectivity index (χ4v) is 2.17. The van der Waals surface area contributed by atoms with Gasteiger partial charge in [-0.2, -0.15) is 0 Å². The van der Waals surface area contributed by atoms with Crippen LogP contribution in [-0.2, 0) is 28.1 Å². The lowest BCUT2D eigenvalue weighted by Gasteiger charge is -2.21. The number of esters is 1. The number of ether oxygens (including phenoxy) is 2. The number of imidazole rings is 1. The summed E-state index contributed by atoms with van der Waals surface area (Å²) >= 11 is 0. The summed E-state index contributed by atoms with van der Waals surface area (Å²) in [6.07, 6.45) is 1.59. The fraction of sp³-hybridized carbons (Fsp3) is 0.562. The molecule has 8 heteroatoms. The number of aryl methyl sites for hydroxylation is 2. The summed E-state index contributed by atoms with van der Waals surface area (Å²) in [5.74, 6) is -0.286. The Bertz CT molecular complexity index is 768. The van der Waals surface area contributed by atoms with Crippen molar-refractivity contribution in [1.29, 1.82) is 0 Å². The van der Waals surface area contributed by atoms with Gasteiger partial charge in [-0.15, -0.1) is 0 Å². The number of aromatic amines is 1. The zero-order valence-electron chi connectivity index (χ0n) is 14.5. The standard InChI is InChI=1S/C16H22N2O6/c1-6-7-11-17-12(13(18-11)16(3,4)21-5)14(19)22-8-10-9(2)23-15(20)24-10/h6-8H2,1-5H3,(H,17,18). The van der Waals surface area contributed by atoms with Gasteiger partial charge < -0.3 is 23.3 Å². The Hall–Kier alpha value is -2.35. The van der Waals surface area contributed by atoms with Crippen LogP contribution in [0.25, 0.3) is 0 Å². The SMILES string of the molecule is CCCc1nc(C(C)(C)OC)c(C(=O)OCc2oc(=O)oc2C)[nH]1. The van der Waals surface area contributed by atoms with E-state index < -0.39 is 17.4 Å². The Morgan fingerprint density at radius 2 is 2.04 bits per heavy atom. The second-order valence-corrected chi connectivity index (χ2v) is 5.88. The van der Waals surface area contributed by atoms with E-state index in [4.69, 9.17) is 18.3 Å². The van der Waals surface area contributed by atoms with Crippen molar-refractivity contribution in [2.45, 2.75) is 52.7 Å². The average molecular weight is 338 g/mol. The van der Waals surface area contributed by atoms with Gasteiger partial charge in [-0.25, -0.2) is 14.6 Å². The molecule has 0 aliphatic heterocycles. The number of H-pyrrole nitrogens is 1. The van der Waals surface area contributed by atoms with Gasteiger partial charge in [-0.05, 0) is 27.2 Å². The van der Waals surface area contributed by atoms with Crippen LogP contribution in [-0.4, -0.2) is 23.0 Å². The second-order valence-electron chi connectivity index (χ2n) is 5.88. The zero-order chi connectivity index (χ0) is 17.9. The highest BCUT2D eigenvalue weighted by Gasteiger charge is 2.31. The summed E-state index contributed by atoms with van der Waals surface area (Å²) in [5, 5.41) is 0. The molecular formula is C16H22N2O6. The molecule has 1 N–H and O–H groups in total. The highest BCUT2D eigenvalue weighted by atomic mass is 16.6.